The molecule has 7 heteroatoms. The molecule has 0 spiro atoms. The van der Waals surface area contributed by atoms with E-state index in [-0.39, 0.29) is 11.5 Å². The molecule has 0 radical (unpaired) electrons. The van der Waals surface area contributed by atoms with Gasteiger partial charge in [-0.2, -0.15) is 5.10 Å². The third-order valence-corrected chi connectivity index (χ3v) is 3.46. The molecule has 0 atom stereocenters. The van der Waals surface area contributed by atoms with Gasteiger partial charge in [-0.3, -0.25) is 9.59 Å². The summed E-state index contributed by atoms with van der Waals surface area (Å²) in [4.78, 5) is 23.5. The van der Waals surface area contributed by atoms with Gasteiger partial charge in [0, 0.05) is 18.7 Å². The van der Waals surface area contributed by atoms with Crippen molar-refractivity contribution >= 4 is 12.0 Å². The van der Waals surface area contributed by atoms with Crippen LogP contribution < -0.4 is 20.3 Å². The van der Waals surface area contributed by atoms with Crippen LogP contribution in [-0.4, -0.2) is 36.5 Å². The Hall–Kier alpha value is -3.09. The maximum atomic E-state index is 11.9. The molecule has 1 N–H and O–H groups in total. The van der Waals surface area contributed by atoms with Gasteiger partial charge in [-0.15, -0.1) is 0 Å². The van der Waals surface area contributed by atoms with Crippen molar-refractivity contribution in [3.8, 4) is 11.5 Å². The van der Waals surface area contributed by atoms with E-state index in [2.05, 4.69) is 10.4 Å². The zero-order valence-corrected chi connectivity index (χ0v) is 14.5. The number of amides is 1. The zero-order valence-electron chi connectivity index (χ0n) is 14.5. The predicted octanol–water partition coefficient (Wildman–Crippen LogP) is 1.40. The fraction of sp³-hybridized carbons (Fsp3) is 0.278. The summed E-state index contributed by atoms with van der Waals surface area (Å²) >= 11 is 0. The zero-order chi connectivity index (χ0) is 18.2. The molecule has 2 rings (SSSR count). The molecule has 1 amide bonds. The number of aryl methyl sites for hydroxylation is 1. The highest BCUT2D eigenvalue weighted by Crippen LogP contribution is 2.27. The van der Waals surface area contributed by atoms with E-state index >= 15 is 0 Å². The van der Waals surface area contributed by atoms with Crippen molar-refractivity contribution in [3.63, 3.8) is 0 Å². The van der Waals surface area contributed by atoms with Crippen molar-refractivity contribution in [2.75, 3.05) is 20.8 Å². The van der Waals surface area contributed by atoms with Gasteiger partial charge in [-0.05, 0) is 36.8 Å². The van der Waals surface area contributed by atoms with Crippen LogP contribution >= 0.6 is 0 Å². The Morgan fingerprint density at radius 3 is 2.68 bits per heavy atom. The SMILES string of the molecule is COc1ccc(C=CC(=O)NCCn2nc(C)ccc2=O)cc1OC. The number of aromatic nitrogens is 2. The number of carbonyl (C=O) groups is 1. The van der Waals surface area contributed by atoms with E-state index in [0.29, 0.717) is 24.6 Å². The van der Waals surface area contributed by atoms with E-state index in [4.69, 9.17) is 9.47 Å². The number of methoxy groups -OCH3 is 2. The first-order chi connectivity index (χ1) is 12.0. The second kappa shape index (κ2) is 8.68. The first kappa shape index (κ1) is 18.3. The number of nitrogens with one attached hydrogen (secondary N) is 1. The molecule has 132 valence electrons. The van der Waals surface area contributed by atoms with Crippen LogP contribution in [0.2, 0.25) is 0 Å². The summed E-state index contributed by atoms with van der Waals surface area (Å²) in [6.07, 6.45) is 3.10. The summed E-state index contributed by atoms with van der Waals surface area (Å²) in [5.41, 5.74) is 1.37. The van der Waals surface area contributed by atoms with Crippen LogP contribution in [0.3, 0.4) is 0 Å². The quantitative estimate of drug-likeness (QED) is 0.769. The Morgan fingerprint density at radius 2 is 1.96 bits per heavy atom. The summed E-state index contributed by atoms with van der Waals surface area (Å²) in [6.45, 7) is 2.43. The molecular formula is C18H21N3O4. The van der Waals surface area contributed by atoms with Crippen LogP contribution in [0.1, 0.15) is 11.3 Å². The van der Waals surface area contributed by atoms with E-state index < -0.39 is 0 Å². The highest BCUT2D eigenvalue weighted by molar-refractivity contribution is 5.91. The molecule has 0 aliphatic heterocycles. The van der Waals surface area contributed by atoms with Gasteiger partial charge in [0.25, 0.3) is 5.56 Å². The van der Waals surface area contributed by atoms with Gasteiger partial charge < -0.3 is 14.8 Å². The van der Waals surface area contributed by atoms with Crippen molar-refractivity contribution in [2.24, 2.45) is 0 Å². The van der Waals surface area contributed by atoms with Crippen molar-refractivity contribution in [1.29, 1.82) is 0 Å². The summed E-state index contributed by atoms with van der Waals surface area (Å²) in [7, 11) is 3.12. The van der Waals surface area contributed by atoms with Crippen LogP contribution in [0.5, 0.6) is 11.5 Å². The Labute approximate surface area is 145 Å². The summed E-state index contributed by atoms with van der Waals surface area (Å²) in [5.74, 6) is 0.964. The normalized spacial score (nSPS) is 10.7. The van der Waals surface area contributed by atoms with E-state index in [1.54, 1.807) is 45.4 Å². The largest absolute Gasteiger partial charge is 0.493 e. The van der Waals surface area contributed by atoms with Gasteiger partial charge in [0.2, 0.25) is 5.91 Å². The van der Waals surface area contributed by atoms with E-state index in [0.717, 1.165) is 11.3 Å². The molecular weight excluding hydrogens is 322 g/mol. The van der Waals surface area contributed by atoms with Gasteiger partial charge in [0.05, 0.1) is 26.5 Å². The fourth-order valence-corrected chi connectivity index (χ4v) is 2.18. The maximum Gasteiger partial charge on any atom is 0.266 e. The predicted molar refractivity (Wildman–Crippen MR) is 94.8 cm³/mol. The second-order valence-corrected chi connectivity index (χ2v) is 5.27. The minimum atomic E-state index is -0.254. The third-order valence-electron chi connectivity index (χ3n) is 3.46. The lowest BCUT2D eigenvalue weighted by Gasteiger charge is -2.07. The van der Waals surface area contributed by atoms with E-state index in [1.807, 2.05) is 6.07 Å². The number of hydrogen-bond acceptors (Lipinski definition) is 5. The van der Waals surface area contributed by atoms with Crippen LogP contribution in [0, 0.1) is 6.92 Å². The summed E-state index contributed by atoms with van der Waals surface area (Å²) in [5, 5.41) is 6.83. The molecule has 7 nitrogen and oxygen atoms in total. The molecule has 0 saturated heterocycles. The number of carbonyl (C=O) groups excluding carboxylic acids is 1. The van der Waals surface area contributed by atoms with Crippen molar-refractivity contribution in [3.05, 3.63) is 58.0 Å². The molecule has 0 bridgehead atoms. The highest BCUT2D eigenvalue weighted by atomic mass is 16.5. The Bertz CT molecular complexity index is 827. The molecule has 0 saturated carbocycles. The van der Waals surface area contributed by atoms with Crippen LogP contribution in [-0.2, 0) is 11.3 Å². The average molecular weight is 343 g/mol. The van der Waals surface area contributed by atoms with Gasteiger partial charge in [0.1, 0.15) is 0 Å². The van der Waals surface area contributed by atoms with E-state index in [1.165, 1.54) is 16.8 Å². The van der Waals surface area contributed by atoms with Gasteiger partial charge in [0.15, 0.2) is 11.5 Å². The highest BCUT2D eigenvalue weighted by Gasteiger charge is 2.03. The van der Waals surface area contributed by atoms with Gasteiger partial charge in [-0.1, -0.05) is 6.07 Å². The summed E-state index contributed by atoms with van der Waals surface area (Å²) < 4.78 is 11.7. The standard InChI is InChI=1S/C18H21N3O4/c1-13-4-9-18(23)21(20-13)11-10-19-17(22)8-6-14-5-7-15(24-2)16(12-14)25-3/h4-9,12H,10-11H2,1-3H3,(H,19,22). The molecule has 1 aromatic carbocycles. The van der Waals surface area contributed by atoms with Gasteiger partial charge in [-0.25, -0.2) is 4.68 Å². The second-order valence-electron chi connectivity index (χ2n) is 5.27. The van der Waals surface area contributed by atoms with Gasteiger partial charge >= 0.3 is 0 Å². The minimum absolute atomic E-state index is 0.194. The topological polar surface area (TPSA) is 82.5 Å². The molecule has 2 aromatic rings. The van der Waals surface area contributed by atoms with Crippen LogP contribution in [0.15, 0.2) is 41.2 Å². The average Bonchev–Trinajstić information content (AvgIpc) is 2.62. The first-order valence-corrected chi connectivity index (χ1v) is 7.76. The van der Waals surface area contributed by atoms with Crippen molar-refractivity contribution < 1.29 is 14.3 Å². The monoisotopic (exact) mass is 343 g/mol. The molecule has 1 heterocycles. The maximum absolute atomic E-state index is 11.9. The minimum Gasteiger partial charge on any atom is -0.493 e. The molecule has 0 unspecified atom stereocenters. The number of ether oxygens (including phenoxy) is 2. The fourth-order valence-electron chi connectivity index (χ4n) is 2.18. The summed E-state index contributed by atoms with van der Waals surface area (Å²) in [6, 6.07) is 8.48. The Kier molecular flexibility index (Phi) is 6.33. The Balaban J connectivity index is 1.90. The lowest BCUT2D eigenvalue weighted by Crippen LogP contribution is -2.31. The number of rotatable bonds is 7. The lowest BCUT2D eigenvalue weighted by atomic mass is 10.2. The number of benzene rings is 1. The first-order valence-electron chi connectivity index (χ1n) is 7.76. The van der Waals surface area contributed by atoms with Crippen molar-refractivity contribution in [1.82, 2.24) is 15.1 Å². The number of nitrogens with zero attached hydrogens (tertiary/aromatic N) is 2. The third kappa shape index (κ3) is 5.20. The Morgan fingerprint density at radius 1 is 1.20 bits per heavy atom. The molecule has 25 heavy (non-hydrogen) atoms. The lowest BCUT2D eigenvalue weighted by molar-refractivity contribution is -0.116. The molecule has 0 aliphatic carbocycles. The van der Waals surface area contributed by atoms with Crippen LogP contribution in [0.25, 0.3) is 6.08 Å². The smallest absolute Gasteiger partial charge is 0.266 e. The molecule has 1 aromatic heterocycles. The number of hydrogen-bond donors (Lipinski definition) is 1. The van der Waals surface area contributed by atoms with E-state index in [9.17, 15) is 9.59 Å². The van der Waals surface area contributed by atoms with Crippen LogP contribution in [0.4, 0.5) is 0 Å². The van der Waals surface area contributed by atoms with Crippen molar-refractivity contribution in [2.45, 2.75) is 13.5 Å². The molecule has 0 fully saturated rings. The molecule has 0 aliphatic rings.